The number of hydrogen-bond donors (Lipinski definition) is 1. The number of benzene rings is 1. The molecular formula is C13H17NO2. The highest BCUT2D eigenvalue weighted by atomic mass is 16.5. The summed E-state index contributed by atoms with van der Waals surface area (Å²) in [7, 11) is 1.75. The fraction of sp³-hybridized carbons (Fsp3) is 0.308. The average molecular weight is 219 g/mol. The highest BCUT2D eigenvalue weighted by Crippen LogP contribution is 2.04. The van der Waals surface area contributed by atoms with Gasteiger partial charge in [-0.1, -0.05) is 43.0 Å². The number of carbonyl (C=O) groups excluding carboxylic acids is 1. The van der Waals surface area contributed by atoms with Crippen LogP contribution in [0.5, 0.6) is 0 Å². The Morgan fingerprint density at radius 1 is 1.50 bits per heavy atom. The van der Waals surface area contributed by atoms with Crippen LogP contribution >= 0.6 is 0 Å². The van der Waals surface area contributed by atoms with Crippen LogP contribution in [0.1, 0.15) is 5.56 Å². The highest BCUT2D eigenvalue weighted by molar-refractivity contribution is 5.76. The van der Waals surface area contributed by atoms with Crippen molar-refractivity contribution in [3.8, 4) is 0 Å². The minimum atomic E-state index is -0.303. The van der Waals surface area contributed by atoms with Crippen LogP contribution in [0.4, 0.5) is 0 Å². The van der Waals surface area contributed by atoms with E-state index < -0.39 is 0 Å². The summed E-state index contributed by atoms with van der Waals surface area (Å²) in [6, 6.07) is 9.54. The van der Waals surface area contributed by atoms with Crippen molar-refractivity contribution in [3.63, 3.8) is 0 Å². The van der Waals surface area contributed by atoms with Gasteiger partial charge in [0, 0.05) is 0 Å². The van der Waals surface area contributed by atoms with Gasteiger partial charge in [-0.15, -0.1) is 0 Å². The lowest BCUT2D eigenvalue weighted by Gasteiger charge is -2.14. The number of hydrogen-bond acceptors (Lipinski definition) is 3. The zero-order chi connectivity index (χ0) is 11.8. The Kier molecular flexibility index (Phi) is 5.29. The molecule has 0 aliphatic heterocycles. The summed E-state index contributed by atoms with van der Waals surface area (Å²) >= 11 is 0. The third-order valence-corrected chi connectivity index (χ3v) is 2.26. The van der Waals surface area contributed by atoms with E-state index >= 15 is 0 Å². The van der Waals surface area contributed by atoms with E-state index in [0.29, 0.717) is 6.42 Å². The molecule has 0 fully saturated rings. The zero-order valence-electron chi connectivity index (χ0n) is 9.48. The molecule has 1 atom stereocenters. The molecule has 86 valence electrons. The third-order valence-electron chi connectivity index (χ3n) is 2.26. The molecule has 0 radical (unpaired) electrons. The smallest absolute Gasteiger partial charge is 0.323 e. The summed E-state index contributed by atoms with van der Waals surface area (Å²) < 4.78 is 5.00. The Bertz CT molecular complexity index is 335. The maximum atomic E-state index is 11.6. The standard InChI is InChI=1S/C13H17NO2/c1-3-9-16-13(15)12(14-2)10-11-7-5-4-6-8-11/h3-8,12,14H,1,9-10H2,2H3/t12-/m0/s1. The molecule has 0 aliphatic carbocycles. The van der Waals surface area contributed by atoms with Crippen LogP contribution < -0.4 is 5.32 Å². The molecule has 0 aromatic heterocycles. The van der Waals surface area contributed by atoms with E-state index in [1.807, 2.05) is 30.3 Å². The second-order valence-electron chi connectivity index (χ2n) is 3.45. The monoisotopic (exact) mass is 219 g/mol. The normalized spacial score (nSPS) is 11.8. The number of likely N-dealkylation sites (N-methyl/N-ethyl adjacent to an activating group) is 1. The molecule has 0 amide bonds. The molecule has 1 aromatic rings. The second kappa shape index (κ2) is 6.80. The Labute approximate surface area is 96.1 Å². The molecule has 3 nitrogen and oxygen atoms in total. The first-order valence-corrected chi connectivity index (χ1v) is 5.26. The Hall–Kier alpha value is -1.61. The van der Waals surface area contributed by atoms with E-state index in [2.05, 4.69) is 11.9 Å². The lowest BCUT2D eigenvalue weighted by molar-refractivity contribution is -0.144. The molecule has 3 heteroatoms. The summed E-state index contributed by atoms with van der Waals surface area (Å²) in [4.78, 5) is 11.6. The van der Waals surface area contributed by atoms with Crippen LogP contribution in [0, 0.1) is 0 Å². The first kappa shape index (κ1) is 12.5. The van der Waals surface area contributed by atoms with Gasteiger partial charge in [0.2, 0.25) is 0 Å². The van der Waals surface area contributed by atoms with Gasteiger partial charge in [0.15, 0.2) is 0 Å². The van der Waals surface area contributed by atoms with Gasteiger partial charge in [0.05, 0.1) is 0 Å². The lowest BCUT2D eigenvalue weighted by atomic mass is 10.1. The molecular weight excluding hydrogens is 202 g/mol. The minimum Gasteiger partial charge on any atom is -0.460 e. The van der Waals surface area contributed by atoms with Crippen LogP contribution in [0.15, 0.2) is 43.0 Å². The maximum Gasteiger partial charge on any atom is 0.323 e. The van der Waals surface area contributed by atoms with Gasteiger partial charge in [-0.2, -0.15) is 0 Å². The van der Waals surface area contributed by atoms with Gasteiger partial charge >= 0.3 is 5.97 Å². The van der Waals surface area contributed by atoms with Crippen molar-refractivity contribution in [1.29, 1.82) is 0 Å². The third kappa shape index (κ3) is 3.87. The largest absolute Gasteiger partial charge is 0.460 e. The van der Waals surface area contributed by atoms with Crippen LogP contribution in [0.2, 0.25) is 0 Å². The number of ether oxygens (including phenoxy) is 1. The van der Waals surface area contributed by atoms with Gasteiger partial charge in [-0.25, -0.2) is 0 Å². The quantitative estimate of drug-likeness (QED) is 0.582. The molecule has 16 heavy (non-hydrogen) atoms. The van der Waals surface area contributed by atoms with Crippen molar-refractivity contribution in [1.82, 2.24) is 5.32 Å². The van der Waals surface area contributed by atoms with Gasteiger partial charge in [0.25, 0.3) is 0 Å². The summed E-state index contributed by atoms with van der Waals surface area (Å²) in [5.41, 5.74) is 1.11. The maximum absolute atomic E-state index is 11.6. The molecule has 1 rings (SSSR count). The fourth-order valence-electron chi connectivity index (χ4n) is 1.39. The molecule has 0 saturated heterocycles. The van der Waals surface area contributed by atoms with E-state index in [4.69, 9.17) is 4.74 Å². The molecule has 0 heterocycles. The molecule has 1 aromatic carbocycles. The first-order valence-electron chi connectivity index (χ1n) is 5.26. The zero-order valence-corrected chi connectivity index (χ0v) is 9.48. The van der Waals surface area contributed by atoms with Crippen molar-refractivity contribution in [2.24, 2.45) is 0 Å². The number of esters is 1. The van der Waals surface area contributed by atoms with Crippen LogP contribution in [0.25, 0.3) is 0 Å². The molecule has 1 N–H and O–H groups in total. The SMILES string of the molecule is C=CCOC(=O)[C@H](Cc1ccccc1)NC. The number of rotatable bonds is 6. The Morgan fingerprint density at radius 3 is 2.75 bits per heavy atom. The van der Waals surface area contributed by atoms with Crippen LogP contribution in [-0.4, -0.2) is 25.7 Å². The Morgan fingerprint density at radius 2 is 2.19 bits per heavy atom. The van der Waals surface area contributed by atoms with E-state index in [1.165, 1.54) is 0 Å². The van der Waals surface area contributed by atoms with Gasteiger partial charge < -0.3 is 10.1 Å². The summed E-state index contributed by atoms with van der Waals surface area (Å²) in [6.45, 7) is 3.76. The molecule has 0 bridgehead atoms. The van der Waals surface area contributed by atoms with Crippen LogP contribution in [0.3, 0.4) is 0 Å². The highest BCUT2D eigenvalue weighted by Gasteiger charge is 2.17. The van der Waals surface area contributed by atoms with Crippen molar-refractivity contribution in [2.75, 3.05) is 13.7 Å². The molecule has 0 spiro atoms. The first-order chi connectivity index (χ1) is 7.77. The van der Waals surface area contributed by atoms with Crippen molar-refractivity contribution in [2.45, 2.75) is 12.5 Å². The number of nitrogens with one attached hydrogen (secondary N) is 1. The lowest BCUT2D eigenvalue weighted by Crippen LogP contribution is -2.37. The van der Waals surface area contributed by atoms with E-state index in [-0.39, 0.29) is 18.6 Å². The van der Waals surface area contributed by atoms with Crippen molar-refractivity contribution >= 4 is 5.97 Å². The topological polar surface area (TPSA) is 38.3 Å². The fourth-order valence-corrected chi connectivity index (χ4v) is 1.39. The summed E-state index contributed by atoms with van der Waals surface area (Å²) in [6.07, 6.45) is 2.19. The minimum absolute atomic E-state index is 0.244. The number of carbonyl (C=O) groups is 1. The average Bonchev–Trinajstić information content (AvgIpc) is 2.34. The van der Waals surface area contributed by atoms with E-state index in [9.17, 15) is 4.79 Å². The summed E-state index contributed by atoms with van der Waals surface area (Å²) in [5.74, 6) is -0.244. The Balaban J connectivity index is 2.55. The summed E-state index contributed by atoms with van der Waals surface area (Å²) in [5, 5.41) is 2.95. The molecule has 0 saturated carbocycles. The van der Waals surface area contributed by atoms with E-state index in [1.54, 1.807) is 13.1 Å². The van der Waals surface area contributed by atoms with Gasteiger partial charge in [-0.05, 0) is 19.0 Å². The van der Waals surface area contributed by atoms with Gasteiger partial charge in [-0.3, -0.25) is 4.79 Å². The predicted molar refractivity (Wildman–Crippen MR) is 64.1 cm³/mol. The van der Waals surface area contributed by atoms with Crippen molar-refractivity contribution in [3.05, 3.63) is 48.6 Å². The second-order valence-corrected chi connectivity index (χ2v) is 3.45. The molecule has 0 unspecified atom stereocenters. The molecule has 0 aliphatic rings. The van der Waals surface area contributed by atoms with Crippen LogP contribution in [-0.2, 0) is 16.0 Å². The predicted octanol–water partition coefficient (Wildman–Crippen LogP) is 1.55. The van der Waals surface area contributed by atoms with E-state index in [0.717, 1.165) is 5.56 Å². The van der Waals surface area contributed by atoms with Gasteiger partial charge in [0.1, 0.15) is 12.6 Å². The van der Waals surface area contributed by atoms with Crippen molar-refractivity contribution < 1.29 is 9.53 Å².